The number of alkyl halides is 3. The highest BCUT2D eigenvalue weighted by atomic mass is 35.5. The lowest BCUT2D eigenvalue weighted by atomic mass is 10.1. The highest BCUT2D eigenvalue weighted by Crippen LogP contribution is 2.36. The van der Waals surface area contributed by atoms with Gasteiger partial charge in [-0.15, -0.1) is 11.3 Å². The van der Waals surface area contributed by atoms with E-state index in [0.717, 1.165) is 22.7 Å². The standard InChI is InChI=1S/C21H13Cl2F3N4OS2/c1-10-17(16-9-32-19(29-16)28-13-5-6-14(22)15(23)8-13)33-20(27-10)30-18(31)11-3-2-4-12(7-11)21(24,25)26/h2-9H,1H3,(H,28,29)(H,27,30,31). The van der Waals surface area contributed by atoms with Gasteiger partial charge in [0.2, 0.25) is 0 Å². The maximum Gasteiger partial charge on any atom is 0.416 e. The quantitative estimate of drug-likeness (QED) is 0.276. The normalized spacial score (nSPS) is 11.5. The summed E-state index contributed by atoms with van der Waals surface area (Å²) in [7, 11) is 0. The van der Waals surface area contributed by atoms with E-state index < -0.39 is 17.6 Å². The van der Waals surface area contributed by atoms with Gasteiger partial charge in [0.15, 0.2) is 10.3 Å². The Morgan fingerprint density at radius 1 is 1.03 bits per heavy atom. The maximum absolute atomic E-state index is 12.9. The van der Waals surface area contributed by atoms with Gasteiger partial charge in [0.05, 0.1) is 31.9 Å². The summed E-state index contributed by atoms with van der Waals surface area (Å²) in [6.45, 7) is 1.76. The van der Waals surface area contributed by atoms with Crippen LogP contribution in [0, 0.1) is 6.92 Å². The fraction of sp³-hybridized carbons (Fsp3) is 0.0952. The molecule has 5 nitrogen and oxygen atoms in total. The first-order valence-electron chi connectivity index (χ1n) is 9.24. The van der Waals surface area contributed by atoms with E-state index in [1.807, 2.05) is 5.38 Å². The van der Waals surface area contributed by atoms with Crippen LogP contribution in [0.5, 0.6) is 0 Å². The minimum atomic E-state index is -4.53. The molecule has 4 rings (SSSR count). The number of amides is 1. The Hall–Kier alpha value is -2.66. The van der Waals surface area contributed by atoms with E-state index in [-0.39, 0.29) is 10.7 Å². The molecule has 0 radical (unpaired) electrons. The van der Waals surface area contributed by atoms with Crippen molar-refractivity contribution in [3.63, 3.8) is 0 Å². The predicted molar refractivity (Wildman–Crippen MR) is 127 cm³/mol. The van der Waals surface area contributed by atoms with Crippen LogP contribution in [0.1, 0.15) is 21.6 Å². The SMILES string of the molecule is Cc1nc(NC(=O)c2cccc(C(F)(F)F)c2)sc1-c1csc(Nc2ccc(Cl)c(Cl)c2)n1. The summed E-state index contributed by atoms with van der Waals surface area (Å²) in [6, 6.07) is 9.35. The molecule has 2 aromatic heterocycles. The molecule has 12 heteroatoms. The molecule has 0 spiro atoms. The van der Waals surface area contributed by atoms with Crippen LogP contribution in [0.15, 0.2) is 47.8 Å². The predicted octanol–water partition coefficient (Wildman–Crippen LogP) is 7.90. The number of nitrogens with one attached hydrogen (secondary N) is 2. The molecule has 0 saturated carbocycles. The lowest BCUT2D eigenvalue weighted by molar-refractivity contribution is -0.137. The van der Waals surface area contributed by atoms with Gasteiger partial charge in [0, 0.05) is 16.6 Å². The van der Waals surface area contributed by atoms with Crippen LogP contribution < -0.4 is 10.6 Å². The summed E-state index contributed by atoms with van der Waals surface area (Å²) >= 11 is 14.5. The summed E-state index contributed by atoms with van der Waals surface area (Å²) in [5, 5.41) is 9.28. The average molecular weight is 529 g/mol. The second-order valence-electron chi connectivity index (χ2n) is 6.76. The third-order valence-corrected chi connectivity index (χ3v) is 6.97. The van der Waals surface area contributed by atoms with Crippen molar-refractivity contribution in [1.82, 2.24) is 9.97 Å². The van der Waals surface area contributed by atoms with Gasteiger partial charge in [0.1, 0.15) is 0 Å². The number of aryl methyl sites for hydroxylation is 1. The van der Waals surface area contributed by atoms with Gasteiger partial charge in [-0.3, -0.25) is 10.1 Å². The van der Waals surface area contributed by atoms with E-state index in [1.54, 1.807) is 25.1 Å². The largest absolute Gasteiger partial charge is 0.416 e. The van der Waals surface area contributed by atoms with Gasteiger partial charge >= 0.3 is 6.18 Å². The highest BCUT2D eigenvalue weighted by Gasteiger charge is 2.31. The lowest BCUT2D eigenvalue weighted by Crippen LogP contribution is -2.13. The second-order valence-corrected chi connectivity index (χ2v) is 9.43. The van der Waals surface area contributed by atoms with Gasteiger partial charge in [-0.25, -0.2) is 9.97 Å². The number of benzene rings is 2. The monoisotopic (exact) mass is 528 g/mol. The van der Waals surface area contributed by atoms with Crippen molar-refractivity contribution in [2.24, 2.45) is 0 Å². The van der Waals surface area contributed by atoms with Crippen LogP contribution in [-0.2, 0) is 6.18 Å². The molecule has 0 atom stereocenters. The summed E-state index contributed by atoms with van der Waals surface area (Å²) in [5.41, 5.74) is 1.000. The zero-order valence-corrected chi connectivity index (χ0v) is 19.8. The van der Waals surface area contributed by atoms with Gasteiger partial charge in [0.25, 0.3) is 5.91 Å². The first-order valence-corrected chi connectivity index (χ1v) is 11.7. The van der Waals surface area contributed by atoms with Crippen molar-refractivity contribution in [1.29, 1.82) is 0 Å². The first-order chi connectivity index (χ1) is 15.6. The first kappa shape index (κ1) is 23.5. The number of carbonyl (C=O) groups excluding carboxylic acids is 1. The lowest BCUT2D eigenvalue weighted by Gasteiger charge is -2.08. The number of aromatic nitrogens is 2. The fourth-order valence-electron chi connectivity index (χ4n) is 2.83. The van der Waals surface area contributed by atoms with E-state index >= 15 is 0 Å². The van der Waals surface area contributed by atoms with Crippen molar-refractivity contribution in [2.45, 2.75) is 13.1 Å². The van der Waals surface area contributed by atoms with Crippen LogP contribution in [0.4, 0.5) is 29.1 Å². The molecule has 2 heterocycles. The van der Waals surface area contributed by atoms with Crippen molar-refractivity contribution in [2.75, 3.05) is 10.6 Å². The van der Waals surface area contributed by atoms with Crippen LogP contribution >= 0.6 is 45.9 Å². The molecule has 0 aliphatic rings. The van der Waals surface area contributed by atoms with E-state index in [2.05, 4.69) is 20.6 Å². The molecule has 0 fully saturated rings. The van der Waals surface area contributed by atoms with E-state index in [0.29, 0.717) is 26.6 Å². The van der Waals surface area contributed by atoms with Crippen LogP contribution in [0.3, 0.4) is 0 Å². The van der Waals surface area contributed by atoms with Crippen LogP contribution in [0.25, 0.3) is 10.6 Å². The number of carbonyl (C=O) groups is 1. The van der Waals surface area contributed by atoms with Crippen LogP contribution in [-0.4, -0.2) is 15.9 Å². The van der Waals surface area contributed by atoms with Gasteiger partial charge in [-0.05, 0) is 43.3 Å². The third kappa shape index (κ3) is 5.47. The Balaban J connectivity index is 1.50. The number of rotatable bonds is 5. The Kier molecular flexibility index (Phi) is 6.62. The van der Waals surface area contributed by atoms with Crippen molar-refractivity contribution >= 4 is 67.7 Å². The van der Waals surface area contributed by atoms with E-state index in [9.17, 15) is 18.0 Å². The Morgan fingerprint density at radius 3 is 2.55 bits per heavy atom. The number of thiazole rings is 2. The Morgan fingerprint density at radius 2 is 1.82 bits per heavy atom. The molecule has 1 amide bonds. The van der Waals surface area contributed by atoms with Gasteiger partial charge in [-0.2, -0.15) is 13.2 Å². The summed E-state index contributed by atoms with van der Waals surface area (Å²) < 4.78 is 38.7. The number of nitrogens with zero attached hydrogens (tertiary/aromatic N) is 2. The maximum atomic E-state index is 12.9. The number of hydrogen-bond donors (Lipinski definition) is 2. The van der Waals surface area contributed by atoms with E-state index in [4.69, 9.17) is 23.2 Å². The van der Waals surface area contributed by atoms with Crippen LogP contribution in [0.2, 0.25) is 10.0 Å². The molecule has 0 aliphatic carbocycles. The summed E-state index contributed by atoms with van der Waals surface area (Å²) in [6.07, 6.45) is -4.53. The minimum Gasteiger partial charge on any atom is -0.331 e. The summed E-state index contributed by atoms with van der Waals surface area (Å²) in [4.78, 5) is 22.0. The molecule has 170 valence electrons. The molecular weight excluding hydrogens is 516 g/mol. The molecule has 0 unspecified atom stereocenters. The van der Waals surface area contributed by atoms with Gasteiger partial charge in [-0.1, -0.05) is 40.6 Å². The molecule has 0 aliphatic heterocycles. The molecule has 0 bridgehead atoms. The fourth-order valence-corrected chi connectivity index (χ4v) is 4.84. The molecule has 33 heavy (non-hydrogen) atoms. The van der Waals surface area contributed by atoms with Gasteiger partial charge < -0.3 is 5.32 Å². The molecule has 4 aromatic rings. The second kappa shape index (κ2) is 9.30. The molecule has 2 N–H and O–H groups in total. The topological polar surface area (TPSA) is 66.9 Å². The molecule has 2 aromatic carbocycles. The summed E-state index contributed by atoms with van der Waals surface area (Å²) in [5.74, 6) is -0.679. The van der Waals surface area contributed by atoms with E-state index in [1.165, 1.54) is 34.8 Å². The van der Waals surface area contributed by atoms with Crippen molar-refractivity contribution in [3.8, 4) is 10.6 Å². The Bertz CT molecular complexity index is 1340. The Labute approximate surface area is 204 Å². The van der Waals surface area contributed by atoms with Crippen molar-refractivity contribution < 1.29 is 18.0 Å². The molecular formula is C21H13Cl2F3N4OS2. The number of hydrogen-bond acceptors (Lipinski definition) is 6. The average Bonchev–Trinajstić information content (AvgIpc) is 3.36. The molecule has 0 saturated heterocycles. The number of anilines is 3. The smallest absolute Gasteiger partial charge is 0.331 e. The minimum absolute atomic E-state index is 0.110. The zero-order chi connectivity index (χ0) is 23.8. The third-order valence-electron chi connectivity index (χ3n) is 4.38. The highest BCUT2D eigenvalue weighted by molar-refractivity contribution is 7.20. The zero-order valence-electron chi connectivity index (χ0n) is 16.6. The number of halogens is 5. The van der Waals surface area contributed by atoms with Crippen molar-refractivity contribution in [3.05, 3.63) is 74.7 Å².